The molecule has 0 saturated carbocycles. The first-order chi connectivity index (χ1) is 27.6. The Balaban J connectivity index is 1.39. The number of para-hydroxylation sites is 1. The summed E-state index contributed by atoms with van der Waals surface area (Å²) in [5.41, 5.74) is 17.3. The molecule has 0 aliphatic carbocycles. The SMILES string of the molecule is CC(C)(C)c1cc(-c2cc(-c3ccccc3)ccn2)cc(-c2ccc3c4c2nc(-c2cc(C(C)(C)C)cc(C(C)(C)C)c2O)n4-c2ccccc2-c2ccccc2-3)c1. The monoisotopic (exact) mass is 757 g/mol. The van der Waals surface area contributed by atoms with Crippen LogP contribution < -0.4 is 0 Å². The van der Waals surface area contributed by atoms with E-state index >= 15 is 0 Å². The molecule has 4 nitrogen and oxygen atoms in total. The van der Waals surface area contributed by atoms with E-state index in [0.29, 0.717) is 0 Å². The molecule has 1 aliphatic rings. The van der Waals surface area contributed by atoms with Crippen molar-refractivity contribution in [3.63, 3.8) is 0 Å². The Morgan fingerprint density at radius 3 is 1.76 bits per heavy atom. The number of imidazole rings is 1. The van der Waals surface area contributed by atoms with Crippen molar-refractivity contribution in [3.8, 4) is 78.6 Å². The van der Waals surface area contributed by atoms with E-state index in [1.807, 2.05) is 12.3 Å². The zero-order chi connectivity index (χ0) is 40.7. The van der Waals surface area contributed by atoms with Gasteiger partial charge >= 0.3 is 0 Å². The van der Waals surface area contributed by atoms with E-state index in [4.69, 9.17) is 9.97 Å². The molecule has 4 heteroatoms. The molecule has 288 valence electrons. The lowest BCUT2D eigenvalue weighted by atomic mass is 9.79. The second-order valence-electron chi connectivity index (χ2n) is 19.0. The van der Waals surface area contributed by atoms with Crippen LogP contribution in [0.15, 0.2) is 140 Å². The summed E-state index contributed by atoms with van der Waals surface area (Å²) >= 11 is 0. The van der Waals surface area contributed by atoms with Crippen LogP contribution >= 0.6 is 0 Å². The van der Waals surface area contributed by atoms with Crippen LogP contribution in [0.1, 0.15) is 79.0 Å². The highest BCUT2D eigenvalue weighted by molar-refractivity contribution is 6.08. The number of nitrogens with zero attached hydrogens (tertiary/aromatic N) is 3. The summed E-state index contributed by atoms with van der Waals surface area (Å²) in [7, 11) is 0. The maximum absolute atomic E-state index is 12.4. The molecule has 6 aromatic carbocycles. The molecule has 0 spiro atoms. The zero-order valence-corrected chi connectivity index (χ0v) is 35.1. The number of aromatic hydroxyl groups is 1. The molecular weight excluding hydrogens is 707 g/mol. The van der Waals surface area contributed by atoms with Gasteiger partial charge in [-0.05, 0) is 91.6 Å². The van der Waals surface area contributed by atoms with Gasteiger partial charge in [0.1, 0.15) is 11.6 Å². The summed E-state index contributed by atoms with van der Waals surface area (Å²) in [6.07, 6.45) is 1.91. The number of benzene rings is 6. The standard InChI is InChI=1S/C54H51N3O/c1-52(2,3)37-28-35(27-36(29-37)46-30-34(25-26-55-46)33-17-11-10-12-18-33)39-23-24-43-41-20-14-13-19-40(41)42-21-15-16-22-47(42)57-49(43)48(39)56-51(57)44-31-38(53(4,5)6)32-45(50(44)58)54(7,8)9/h10-32,58H,1-9H3. The summed E-state index contributed by atoms with van der Waals surface area (Å²) in [6, 6.07) is 47.8. The van der Waals surface area contributed by atoms with Crippen molar-refractivity contribution in [3.05, 3.63) is 156 Å². The van der Waals surface area contributed by atoms with Gasteiger partial charge in [-0.1, -0.05) is 159 Å². The Morgan fingerprint density at radius 1 is 0.466 bits per heavy atom. The lowest BCUT2D eigenvalue weighted by Gasteiger charge is -2.27. The van der Waals surface area contributed by atoms with Gasteiger partial charge in [0, 0.05) is 34.0 Å². The van der Waals surface area contributed by atoms with Gasteiger partial charge < -0.3 is 5.11 Å². The van der Waals surface area contributed by atoms with Crippen LogP contribution in [-0.2, 0) is 16.2 Å². The van der Waals surface area contributed by atoms with Gasteiger partial charge in [-0.3, -0.25) is 9.55 Å². The molecule has 0 atom stereocenters. The summed E-state index contributed by atoms with van der Waals surface area (Å²) in [6.45, 7) is 20.0. The van der Waals surface area contributed by atoms with Crippen LogP contribution in [0.4, 0.5) is 0 Å². The number of pyridine rings is 1. The Bertz CT molecular complexity index is 2890. The fourth-order valence-corrected chi connectivity index (χ4v) is 8.47. The summed E-state index contributed by atoms with van der Waals surface area (Å²) in [5, 5.41) is 12.4. The van der Waals surface area contributed by atoms with E-state index in [0.717, 1.165) is 89.4 Å². The quantitative estimate of drug-likeness (QED) is 0.194. The van der Waals surface area contributed by atoms with E-state index in [1.54, 1.807) is 0 Å². The van der Waals surface area contributed by atoms with Gasteiger partial charge in [-0.15, -0.1) is 0 Å². The van der Waals surface area contributed by atoms with Crippen molar-refractivity contribution >= 4 is 11.0 Å². The molecule has 1 N–H and O–H groups in total. The van der Waals surface area contributed by atoms with E-state index in [-0.39, 0.29) is 22.0 Å². The first kappa shape index (κ1) is 37.3. The van der Waals surface area contributed by atoms with Crippen LogP contribution in [0, 0.1) is 0 Å². The highest BCUT2D eigenvalue weighted by Gasteiger charge is 2.32. The highest BCUT2D eigenvalue weighted by Crippen LogP contribution is 2.50. The molecule has 2 aromatic heterocycles. The first-order valence-electron chi connectivity index (χ1n) is 20.4. The largest absolute Gasteiger partial charge is 0.507 e. The zero-order valence-electron chi connectivity index (χ0n) is 35.1. The second-order valence-corrected chi connectivity index (χ2v) is 19.0. The van der Waals surface area contributed by atoms with Gasteiger partial charge in [-0.25, -0.2) is 4.98 Å². The average molecular weight is 758 g/mol. The third kappa shape index (κ3) is 6.32. The fourth-order valence-electron chi connectivity index (χ4n) is 8.47. The molecule has 3 heterocycles. The predicted octanol–water partition coefficient (Wildman–Crippen LogP) is 14.3. The summed E-state index contributed by atoms with van der Waals surface area (Å²) < 4.78 is 2.32. The van der Waals surface area contributed by atoms with Crippen LogP contribution in [-0.4, -0.2) is 19.6 Å². The minimum absolute atomic E-state index is 0.130. The van der Waals surface area contributed by atoms with Crippen LogP contribution in [0.25, 0.3) is 83.9 Å². The lowest BCUT2D eigenvalue weighted by Crippen LogP contribution is -2.17. The molecule has 0 fully saturated rings. The molecule has 0 bridgehead atoms. The predicted molar refractivity (Wildman–Crippen MR) is 243 cm³/mol. The molecule has 0 amide bonds. The minimum atomic E-state index is -0.301. The van der Waals surface area contributed by atoms with Crippen LogP contribution in [0.2, 0.25) is 0 Å². The molecule has 0 radical (unpaired) electrons. The minimum Gasteiger partial charge on any atom is -0.507 e. The number of rotatable bonds is 4. The van der Waals surface area contributed by atoms with E-state index < -0.39 is 0 Å². The Kier molecular flexibility index (Phi) is 8.63. The molecule has 0 unspecified atom stereocenters. The van der Waals surface area contributed by atoms with Gasteiger partial charge in [0.05, 0.1) is 28.0 Å². The van der Waals surface area contributed by atoms with Crippen molar-refractivity contribution in [2.75, 3.05) is 0 Å². The van der Waals surface area contributed by atoms with Crippen LogP contribution in [0.3, 0.4) is 0 Å². The molecule has 58 heavy (non-hydrogen) atoms. The third-order valence-corrected chi connectivity index (χ3v) is 11.8. The van der Waals surface area contributed by atoms with Gasteiger partial charge in [0.2, 0.25) is 0 Å². The van der Waals surface area contributed by atoms with Crippen molar-refractivity contribution in [2.45, 2.75) is 78.6 Å². The van der Waals surface area contributed by atoms with Gasteiger partial charge in [0.15, 0.2) is 0 Å². The molecule has 1 aliphatic heterocycles. The Morgan fingerprint density at radius 2 is 1.07 bits per heavy atom. The topological polar surface area (TPSA) is 50.9 Å². The molecule has 0 saturated heterocycles. The number of fused-ring (bicyclic) bond motifs is 5. The van der Waals surface area contributed by atoms with Gasteiger partial charge in [0.25, 0.3) is 0 Å². The number of phenols is 1. The van der Waals surface area contributed by atoms with Crippen molar-refractivity contribution < 1.29 is 5.11 Å². The first-order valence-corrected chi connectivity index (χ1v) is 20.4. The summed E-state index contributed by atoms with van der Waals surface area (Å²) in [5.74, 6) is 0.998. The average Bonchev–Trinajstić information content (AvgIpc) is 3.54. The van der Waals surface area contributed by atoms with Crippen molar-refractivity contribution in [1.29, 1.82) is 0 Å². The van der Waals surface area contributed by atoms with E-state index in [9.17, 15) is 5.11 Å². The smallest absolute Gasteiger partial charge is 0.149 e. The number of hydrogen-bond acceptors (Lipinski definition) is 3. The molecule has 9 rings (SSSR count). The number of phenolic OH excluding ortho intramolecular Hbond substituents is 1. The van der Waals surface area contributed by atoms with Gasteiger partial charge in [-0.2, -0.15) is 0 Å². The molecule has 8 aromatic rings. The lowest BCUT2D eigenvalue weighted by molar-refractivity contribution is 0.446. The maximum atomic E-state index is 12.4. The van der Waals surface area contributed by atoms with Crippen molar-refractivity contribution in [2.24, 2.45) is 0 Å². The van der Waals surface area contributed by atoms with Crippen molar-refractivity contribution in [1.82, 2.24) is 14.5 Å². The van der Waals surface area contributed by atoms with Crippen LogP contribution in [0.5, 0.6) is 5.75 Å². The summed E-state index contributed by atoms with van der Waals surface area (Å²) in [4.78, 5) is 10.6. The normalized spacial score (nSPS) is 12.6. The number of aromatic nitrogens is 3. The highest BCUT2D eigenvalue weighted by atomic mass is 16.3. The molecular formula is C54H51N3O. The Hall–Kier alpha value is -6.26. The van der Waals surface area contributed by atoms with E-state index in [1.165, 1.54) is 11.1 Å². The second kappa shape index (κ2) is 13.4. The Labute approximate surface area is 342 Å². The maximum Gasteiger partial charge on any atom is 0.149 e. The number of hydrogen-bond donors (Lipinski definition) is 1. The van der Waals surface area contributed by atoms with E-state index in [2.05, 4.69) is 194 Å². The fraction of sp³-hybridized carbons (Fsp3) is 0.222. The third-order valence-electron chi connectivity index (χ3n) is 11.8.